The summed E-state index contributed by atoms with van der Waals surface area (Å²) in [6.45, 7) is 4.07. The monoisotopic (exact) mass is 279 g/mol. The summed E-state index contributed by atoms with van der Waals surface area (Å²) >= 11 is 0. The number of hydrogen-bond donors (Lipinski definition) is 2. The van der Waals surface area contributed by atoms with Crippen molar-refractivity contribution in [2.75, 3.05) is 6.61 Å². The molecule has 0 spiro atoms. The van der Waals surface area contributed by atoms with Crippen LogP contribution in [0.4, 0.5) is 0 Å². The number of carbonyl (C=O) groups is 1. The summed E-state index contributed by atoms with van der Waals surface area (Å²) < 4.78 is 2.01. The number of rotatable bonds is 6. The number of aliphatic hydroxyl groups excluding tert-OH is 1. The van der Waals surface area contributed by atoms with Gasteiger partial charge in [-0.15, -0.1) is 0 Å². The van der Waals surface area contributed by atoms with E-state index >= 15 is 0 Å². The SMILES string of the molecule is CCC(CCO)NC(=O)c1cnn(C2CCCC2)c1C. The van der Waals surface area contributed by atoms with Crippen molar-refractivity contribution < 1.29 is 9.90 Å². The molecule has 20 heavy (non-hydrogen) atoms. The molecule has 2 rings (SSSR count). The first-order valence-electron chi connectivity index (χ1n) is 7.63. The lowest BCUT2D eigenvalue weighted by atomic mass is 10.1. The van der Waals surface area contributed by atoms with E-state index in [2.05, 4.69) is 10.4 Å². The molecule has 1 unspecified atom stereocenters. The summed E-state index contributed by atoms with van der Waals surface area (Å²) in [5.74, 6) is -0.0768. The number of hydrogen-bond acceptors (Lipinski definition) is 3. The molecule has 1 atom stereocenters. The molecule has 1 aromatic heterocycles. The van der Waals surface area contributed by atoms with Crippen LogP contribution in [-0.4, -0.2) is 33.4 Å². The van der Waals surface area contributed by atoms with Gasteiger partial charge in [0.1, 0.15) is 0 Å². The fourth-order valence-corrected chi connectivity index (χ4v) is 2.96. The zero-order valence-electron chi connectivity index (χ0n) is 12.4. The molecule has 0 radical (unpaired) electrons. The van der Waals surface area contributed by atoms with Crippen LogP contribution in [0.2, 0.25) is 0 Å². The highest BCUT2D eigenvalue weighted by Gasteiger charge is 2.23. The predicted molar refractivity (Wildman–Crippen MR) is 77.7 cm³/mol. The molecular formula is C15H25N3O2. The summed E-state index contributed by atoms with van der Waals surface area (Å²) in [6, 6.07) is 0.484. The van der Waals surface area contributed by atoms with E-state index in [9.17, 15) is 4.79 Å². The number of aromatic nitrogens is 2. The Balaban J connectivity index is 2.06. The maximum Gasteiger partial charge on any atom is 0.254 e. The summed E-state index contributed by atoms with van der Waals surface area (Å²) in [7, 11) is 0. The largest absolute Gasteiger partial charge is 0.396 e. The van der Waals surface area contributed by atoms with Gasteiger partial charge in [-0.3, -0.25) is 9.48 Å². The van der Waals surface area contributed by atoms with Crippen molar-refractivity contribution in [2.45, 2.75) is 64.5 Å². The van der Waals surface area contributed by atoms with Crippen molar-refractivity contribution >= 4 is 5.91 Å². The second kappa shape index (κ2) is 6.88. The van der Waals surface area contributed by atoms with Crippen molar-refractivity contribution in [1.29, 1.82) is 0 Å². The van der Waals surface area contributed by atoms with Crippen LogP contribution in [0.25, 0.3) is 0 Å². The minimum atomic E-state index is -0.0768. The quantitative estimate of drug-likeness (QED) is 0.839. The number of amides is 1. The third kappa shape index (κ3) is 3.20. The van der Waals surface area contributed by atoms with Gasteiger partial charge < -0.3 is 10.4 Å². The van der Waals surface area contributed by atoms with Crippen molar-refractivity contribution in [1.82, 2.24) is 15.1 Å². The fraction of sp³-hybridized carbons (Fsp3) is 0.733. The van der Waals surface area contributed by atoms with Gasteiger partial charge >= 0.3 is 0 Å². The smallest absolute Gasteiger partial charge is 0.254 e. The van der Waals surface area contributed by atoms with Gasteiger partial charge in [0.25, 0.3) is 5.91 Å². The van der Waals surface area contributed by atoms with Crippen molar-refractivity contribution in [3.05, 3.63) is 17.5 Å². The Labute approximate surface area is 120 Å². The number of aliphatic hydroxyl groups is 1. The minimum Gasteiger partial charge on any atom is -0.396 e. The maximum atomic E-state index is 12.3. The zero-order valence-corrected chi connectivity index (χ0v) is 12.4. The summed E-state index contributed by atoms with van der Waals surface area (Å²) in [5.41, 5.74) is 1.61. The molecule has 0 aliphatic heterocycles. The predicted octanol–water partition coefficient (Wildman–Crippen LogP) is 2.20. The van der Waals surface area contributed by atoms with Crippen LogP contribution < -0.4 is 5.32 Å². The molecule has 1 aliphatic carbocycles. The highest BCUT2D eigenvalue weighted by Crippen LogP contribution is 2.30. The first-order valence-corrected chi connectivity index (χ1v) is 7.63. The second-order valence-corrected chi connectivity index (χ2v) is 5.62. The third-order valence-electron chi connectivity index (χ3n) is 4.27. The molecule has 0 saturated heterocycles. The topological polar surface area (TPSA) is 67.2 Å². The van der Waals surface area contributed by atoms with E-state index in [4.69, 9.17) is 5.11 Å². The molecule has 5 nitrogen and oxygen atoms in total. The van der Waals surface area contributed by atoms with Gasteiger partial charge in [-0.25, -0.2) is 0 Å². The van der Waals surface area contributed by atoms with Crippen LogP contribution in [0.15, 0.2) is 6.20 Å². The Bertz CT molecular complexity index is 450. The van der Waals surface area contributed by atoms with Gasteiger partial charge in [-0.05, 0) is 32.6 Å². The summed E-state index contributed by atoms with van der Waals surface area (Å²) in [5, 5.41) is 16.4. The molecule has 1 fully saturated rings. The van der Waals surface area contributed by atoms with Crippen molar-refractivity contribution in [2.24, 2.45) is 0 Å². The van der Waals surface area contributed by atoms with Gasteiger partial charge in [-0.1, -0.05) is 19.8 Å². The molecule has 0 bridgehead atoms. The summed E-state index contributed by atoms with van der Waals surface area (Å²) in [4.78, 5) is 12.3. The Morgan fingerprint density at radius 3 is 2.85 bits per heavy atom. The van der Waals surface area contributed by atoms with Crippen LogP contribution >= 0.6 is 0 Å². The molecule has 1 heterocycles. The Kier molecular flexibility index (Phi) is 5.17. The van der Waals surface area contributed by atoms with E-state index < -0.39 is 0 Å². The van der Waals surface area contributed by atoms with E-state index in [0.717, 1.165) is 25.0 Å². The average Bonchev–Trinajstić information content (AvgIpc) is 3.07. The molecule has 1 amide bonds. The van der Waals surface area contributed by atoms with E-state index in [-0.39, 0.29) is 18.6 Å². The average molecular weight is 279 g/mol. The molecule has 1 aliphatic rings. The first-order chi connectivity index (χ1) is 9.67. The third-order valence-corrected chi connectivity index (χ3v) is 4.27. The zero-order chi connectivity index (χ0) is 14.5. The van der Waals surface area contributed by atoms with E-state index in [1.165, 1.54) is 12.8 Å². The number of carbonyl (C=O) groups excluding carboxylic acids is 1. The molecule has 1 aromatic rings. The van der Waals surface area contributed by atoms with E-state index in [1.54, 1.807) is 6.20 Å². The highest BCUT2D eigenvalue weighted by atomic mass is 16.3. The van der Waals surface area contributed by atoms with Crippen LogP contribution in [0.3, 0.4) is 0 Å². The van der Waals surface area contributed by atoms with Crippen LogP contribution in [-0.2, 0) is 0 Å². The van der Waals surface area contributed by atoms with Crippen molar-refractivity contribution in [3.8, 4) is 0 Å². The molecule has 1 saturated carbocycles. The molecule has 5 heteroatoms. The minimum absolute atomic E-state index is 0.0294. The maximum absolute atomic E-state index is 12.3. The molecule has 2 N–H and O–H groups in total. The Hall–Kier alpha value is -1.36. The van der Waals surface area contributed by atoms with E-state index in [0.29, 0.717) is 18.0 Å². The van der Waals surface area contributed by atoms with Gasteiger partial charge in [-0.2, -0.15) is 5.10 Å². The highest BCUT2D eigenvalue weighted by molar-refractivity contribution is 5.95. The Morgan fingerprint density at radius 2 is 2.25 bits per heavy atom. The second-order valence-electron chi connectivity index (χ2n) is 5.62. The van der Waals surface area contributed by atoms with E-state index in [1.807, 2.05) is 18.5 Å². The van der Waals surface area contributed by atoms with Gasteiger partial charge in [0, 0.05) is 18.3 Å². The fourth-order valence-electron chi connectivity index (χ4n) is 2.96. The summed E-state index contributed by atoms with van der Waals surface area (Å²) in [6.07, 6.45) is 7.91. The standard InChI is InChI=1S/C15H25N3O2/c1-3-12(8-9-19)17-15(20)14-10-16-18(11(14)2)13-6-4-5-7-13/h10,12-13,19H,3-9H2,1-2H3,(H,17,20). The van der Waals surface area contributed by atoms with Crippen molar-refractivity contribution in [3.63, 3.8) is 0 Å². The lowest BCUT2D eigenvalue weighted by molar-refractivity contribution is 0.0928. The number of nitrogens with zero attached hydrogens (tertiary/aromatic N) is 2. The van der Waals surface area contributed by atoms with Gasteiger partial charge in [0.15, 0.2) is 0 Å². The lowest BCUT2D eigenvalue weighted by Crippen LogP contribution is -2.35. The van der Waals surface area contributed by atoms with Crippen LogP contribution in [0, 0.1) is 6.92 Å². The normalized spacial score (nSPS) is 17.4. The number of nitrogens with one attached hydrogen (secondary N) is 1. The van der Waals surface area contributed by atoms with Gasteiger partial charge in [0.05, 0.1) is 17.8 Å². The first kappa shape index (κ1) is 15.0. The molecule has 0 aromatic carbocycles. The van der Waals surface area contributed by atoms with Crippen LogP contribution in [0.5, 0.6) is 0 Å². The molecule has 112 valence electrons. The lowest BCUT2D eigenvalue weighted by Gasteiger charge is -2.16. The van der Waals surface area contributed by atoms with Gasteiger partial charge in [0.2, 0.25) is 0 Å². The molecular weight excluding hydrogens is 254 g/mol. The van der Waals surface area contributed by atoms with Crippen LogP contribution in [0.1, 0.15) is 67.5 Å². The Morgan fingerprint density at radius 1 is 1.55 bits per heavy atom.